The van der Waals surface area contributed by atoms with E-state index in [0.717, 1.165) is 18.8 Å². The average Bonchev–Trinajstić information content (AvgIpc) is 2.52. The molecule has 74 valence electrons. The van der Waals surface area contributed by atoms with E-state index in [9.17, 15) is 0 Å². The predicted molar refractivity (Wildman–Crippen MR) is 57.1 cm³/mol. The Morgan fingerprint density at radius 2 is 2.38 bits per heavy atom. The van der Waals surface area contributed by atoms with E-state index in [2.05, 4.69) is 29.5 Å². The maximum Gasteiger partial charge on any atom is 0.0798 e. The van der Waals surface area contributed by atoms with Crippen molar-refractivity contribution in [1.29, 1.82) is 0 Å². The van der Waals surface area contributed by atoms with Crippen molar-refractivity contribution in [2.45, 2.75) is 26.4 Å². The first kappa shape index (κ1) is 10.6. The molecule has 1 rings (SSSR count). The lowest BCUT2D eigenvalue weighted by Crippen LogP contribution is -2.33. The van der Waals surface area contributed by atoms with Crippen LogP contribution in [0, 0.1) is 6.92 Å². The quantitative estimate of drug-likeness (QED) is 0.747. The molecule has 0 aliphatic carbocycles. The number of rotatable bonds is 5. The second kappa shape index (κ2) is 5.32. The molecule has 0 amide bonds. The van der Waals surface area contributed by atoms with Crippen LogP contribution in [0.5, 0.6) is 0 Å². The van der Waals surface area contributed by atoms with Crippen molar-refractivity contribution in [3.63, 3.8) is 0 Å². The molecule has 1 unspecified atom stereocenters. The van der Waals surface area contributed by atoms with Gasteiger partial charge in [0.25, 0.3) is 0 Å². The third kappa shape index (κ3) is 3.42. The lowest BCUT2D eigenvalue weighted by atomic mass is 10.3. The Morgan fingerprint density at radius 1 is 1.62 bits per heavy atom. The zero-order chi connectivity index (χ0) is 9.68. The standard InChI is InChI=1S/C9H17N3S/c1-7(10-3)4-11-5-9-8(2)12-6-13-9/h6-7,10-11H,4-5H2,1-3H3. The van der Waals surface area contributed by atoms with Gasteiger partial charge in [0.05, 0.1) is 11.2 Å². The molecular formula is C9H17N3S. The van der Waals surface area contributed by atoms with Gasteiger partial charge in [-0.25, -0.2) is 4.98 Å². The summed E-state index contributed by atoms with van der Waals surface area (Å²) in [5.41, 5.74) is 3.04. The van der Waals surface area contributed by atoms with Gasteiger partial charge in [-0.2, -0.15) is 0 Å². The van der Waals surface area contributed by atoms with Crippen molar-refractivity contribution in [1.82, 2.24) is 15.6 Å². The Hall–Kier alpha value is -0.450. The summed E-state index contributed by atoms with van der Waals surface area (Å²) in [6.07, 6.45) is 0. The molecule has 0 aliphatic rings. The number of aromatic nitrogens is 1. The molecule has 0 radical (unpaired) electrons. The number of likely N-dealkylation sites (N-methyl/N-ethyl adjacent to an activating group) is 1. The number of nitrogens with one attached hydrogen (secondary N) is 2. The largest absolute Gasteiger partial charge is 0.316 e. The normalized spacial score (nSPS) is 13.2. The molecule has 0 bridgehead atoms. The van der Waals surface area contributed by atoms with Gasteiger partial charge in [-0.15, -0.1) is 11.3 Å². The van der Waals surface area contributed by atoms with Crippen LogP contribution in [-0.2, 0) is 6.54 Å². The van der Waals surface area contributed by atoms with E-state index in [1.807, 2.05) is 12.6 Å². The molecule has 1 aromatic heterocycles. The Labute approximate surface area is 83.6 Å². The van der Waals surface area contributed by atoms with Crippen molar-refractivity contribution in [2.24, 2.45) is 0 Å². The smallest absolute Gasteiger partial charge is 0.0798 e. The molecule has 0 aliphatic heterocycles. The first-order valence-electron chi connectivity index (χ1n) is 4.51. The van der Waals surface area contributed by atoms with Crippen molar-refractivity contribution in [3.8, 4) is 0 Å². The topological polar surface area (TPSA) is 37.0 Å². The van der Waals surface area contributed by atoms with Gasteiger partial charge in [0.1, 0.15) is 0 Å². The van der Waals surface area contributed by atoms with E-state index >= 15 is 0 Å². The van der Waals surface area contributed by atoms with Crippen molar-refractivity contribution in [3.05, 3.63) is 16.1 Å². The summed E-state index contributed by atoms with van der Waals surface area (Å²) in [7, 11) is 1.98. The van der Waals surface area contributed by atoms with E-state index < -0.39 is 0 Å². The average molecular weight is 199 g/mol. The van der Waals surface area contributed by atoms with Crippen LogP contribution in [0.15, 0.2) is 5.51 Å². The van der Waals surface area contributed by atoms with Gasteiger partial charge in [-0.1, -0.05) is 0 Å². The van der Waals surface area contributed by atoms with Crippen LogP contribution >= 0.6 is 11.3 Å². The lowest BCUT2D eigenvalue weighted by molar-refractivity contribution is 0.542. The molecular weight excluding hydrogens is 182 g/mol. The Kier molecular flexibility index (Phi) is 4.35. The van der Waals surface area contributed by atoms with E-state index in [0.29, 0.717) is 6.04 Å². The summed E-state index contributed by atoms with van der Waals surface area (Å²) in [6, 6.07) is 0.522. The van der Waals surface area contributed by atoms with E-state index in [1.165, 1.54) is 4.88 Å². The summed E-state index contributed by atoms with van der Waals surface area (Å²) in [6.45, 7) is 6.14. The highest BCUT2D eigenvalue weighted by molar-refractivity contribution is 7.09. The van der Waals surface area contributed by atoms with Crippen LogP contribution in [0.4, 0.5) is 0 Å². The van der Waals surface area contributed by atoms with Gasteiger partial charge in [-0.05, 0) is 20.9 Å². The number of nitrogens with zero attached hydrogens (tertiary/aromatic N) is 1. The minimum absolute atomic E-state index is 0.522. The van der Waals surface area contributed by atoms with Gasteiger partial charge in [0.2, 0.25) is 0 Å². The fraction of sp³-hybridized carbons (Fsp3) is 0.667. The summed E-state index contributed by atoms with van der Waals surface area (Å²) in [5, 5.41) is 6.57. The van der Waals surface area contributed by atoms with Crippen LogP contribution in [0.3, 0.4) is 0 Å². The first-order chi connectivity index (χ1) is 6.24. The van der Waals surface area contributed by atoms with Crippen molar-refractivity contribution in [2.75, 3.05) is 13.6 Å². The van der Waals surface area contributed by atoms with Crippen LogP contribution < -0.4 is 10.6 Å². The third-order valence-corrected chi connectivity index (χ3v) is 3.01. The summed E-state index contributed by atoms with van der Waals surface area (Å²) < 4.78 is 0. The fourth-order valence-corrected chi connectivity index (χ4v) is 1.75. The highest BCUT2D eigenvalue weighted by atomic mass is 32.1. The zero-order valence-electron chi connectivity index (χ0n) is 8.42. The van der Waals surface area contributed by atoms with Gasteiger partial charge in [-0.3, -0.25) is 0 Å². The molecule has 0 saturated carbocycles. The highest BCUT2D eigenvalue weighted by Gasteiger charge is 2.01. The van der Waals surface area contributed by atoms with Gasteiger partial charge >= 0.3 is 0 Å². The van der Waals surface area contributed by atoms with Gasteiger partial charge < -0.3 is 10.6 Å². The number of hydrogen-bond donors (Lipinski definition) is 2. The zero-order valence-corrected chi connectivity index (χ0v) is 9.24. The van der Waals surface area contributed by atoms with Crippen molar-refractivity contribution < 1.29 is 0 Å². The molecule has 0 aromatic carbocycles. The van der Waals surface area contributed by atoms with Crippen LogP contribution in [0.25, 0.3) is 0 Å². The molecule has 13 heavy (non-hydrogen) atoms. The second-order valence-electron chi connectivity index (χ2n) is 3.18. The number of hydrogen-bond acceptors (Lipinski definition) is 4. The van der Waals surface area contributed by atoms with Gasteiger partial charge in [0.15, 0.2) is 0 Å². The second-order valence-corrected chi connectivity index (χ2v) is 4.12. The van der Waals surface area contributed by atoms with E-state index in [4.69, 9.17) is 0 Å². The maximum absolute atomic E-state index is 4.20. The monoisotopic (exact) mass is 199 g/mol. The Bertz CT molecular complexity index is 247. The molecule has 2 N–H and O–H groups in total. The molecule has 4 heteroatoms. The van der Waals surface area contributed by atoms with E-state index in [1.54, 1.807) is 11.3 Å². The highest BCUT2D eigenvalue weighted by Crippen LogP contribution is 2.10. The number of thiazole rings is 1. The first-order valence-corrected chi connectivity index (χ1v) is 5.39. The molecule has 0 fully saturated rings. The van der Waals surface area contributed by atoms with Crippen LogP contribution in [0.1, 0.15) is 17.5 Å². The molecule has 0 spiro atoms. The molecule has 1 atom stereocenters. The van der Waals surface area contributed by atoms with Crippen LogP contribution in [0.2, 0.25) is 0 Å². The SMILES string of the molecule is CNC(C)CNCc1scnc1C. The Balaban J connectivity index is 2.24. The van der Waals surface area contributed by atoms with Crippen molar-refractivity contribution >= 4 is 11.3 Å². The summed E-state index contributed by atoms with van der Waals surface area (Å²) in [4.78, 5) is 5.53. The molecule has 0 saturated heterocycles. The third-order valence-electron chi connectivity index (χ3n) is 2.07. The summed E-state index contributed by atoms with van der Waals surface area (Å²) in [5.74, 6) is 0. The maximum atomic E-state index is 4.20. The molecule has 1 aromatic rings. The minimum atomic E-state index is 0.522. The molecule has 1 heterocycles. The predicted octanol–water partition coefficient (Wildman–Crippen LogP) is 1.15. The fourth-order valence-electron chi connectivity index (χ4n) is 1.00. The Morgan fingerprint density at radius 3 is 2.92 bits per heavy atom. The van der Waals surface area contributed by atoms with Crippen LogP contribution in [-0.4, -0.2) is 24.6 Å². The lowest BCUT2D eigenvalue weighted by Gasteiger charge is -2.10. The summed E-state index contributed by atoms with van der Waals surface area (Å²) >= 11 is 1.71. The molecule has 3 nitrogen and oxygen atoms in total. The van der Waals surface area contributed by atoms with Gasteiger partial charge in [0, 0.05) is 24.0 Å². The van der Waals surface area contributed by atoms with E-state index in [-0.39, 0.29) is 0 Å². The number of aryl methyl sites for hydroxylation is 1. The minimum Gasteiger partial charge on any atom is -0.316 e.